The summed E-state index contributed by atoms with van der Waals surface area (Å²) in [7, 11) is 0. The van der Waals surface area contributed by atoms with Gasteiger partial charge in [0.1, 0.15) is 0 Å². The van der Waals surface area contributed by atoms with Crippen LogP contribution >= 0.6 is 27.8 Å². The third-order valence-electron chi connectivity index (χ3n) is 1.11. The van der Waals surface area contributed by atoms with Gasteiger partial charge in [-0.1, -0.05) is 28.1 Å². The Labute approximate surface area is 73.3 Å². The highest BCUT2D eigenvalue weighted by atomic mass is 79.9. The van der Waals surface area contributed by atoms with E-state index in [-0.39, 0.29) is 0 Å². The second kappa shape index (κ2) is 3.96. The highest BCUT2D eigenvalue weighted by molar-refractivity contribution is 9.10. The molecule has 0 unspecified atom stereocenters. The number of hydrogen-bond donors (Lipinski definition) is 0. The van der Waals surface area contributed by atoms with Gasteiger partial charge in [-0.15, -0.1) is 0 Å². The van der Waals surface area contributed by atoms with Crippen LogP contribution in [-0.2, 0) is 10.9 Å². The number of halogens is 2. The van der Waals surface area contributed by atoms with Crippen LogP contribution in [0.5, 0.6) is 0 Å². The highest BCUT2D eigenvalue weighted by Gasteiger charge is 1.91. The number of rotatable bonds is 2. The van der Waals surface area contributed by atoms with Gasteiger partial charge >= 0.3 is 0 Å². The van der Waals surface area contributed by atoms with Gasteiger partial charge in [0.05, 0.1) is 18.5 Å². The van der Waals surface area contributed by atoms with Crippen molar-refractivity contribution in [3.8, 4) is 0 Å². The molecule has 0 aliphatic heterocycles. The van der Waals surface area contributed by atoms with Crippen LogP contribution in [0.1, 0.15) is 5.56 Å². The Morgan fingerprint density at radius 3 is 2.90 bits per heavy atom. The summed E-state index contributed by atoms with van der Waals surface area (Å²) < 4.78 is 5.47. The molecule has 0 aliphatic carbocycles. The Morgan fingerprint density at radius 2 is 2.30 bits per heavy atom. The molecular weight excluding hydrogens is 215 g/mol. The Balaban J connectivity index is 2.75. The minimum absolute atomic E-state index is 0.445. The predicted molar refractivity (Wildman–Crippen MR) is 44.8 cm³/mol. The average molecular weight is 221 g/mol. The van der Waals surface area contributed by atoms with Gasteiger partial charge in [-0.3, -0.25) is 4.29 Å². The van der Waals surface area contributed by atoms with E-state index in [0.29, 0.717) is 6.61 Å². The maximum Gasteiger partial charge on any atom is 0.0933 e. The lowest BCUT2D eigenvalue weighted by atomic mass is 10.2. The molecule has 0 fully saturated rings. The predicted octanol–water partition coefficient (Wildman–Crippen LogP) is 3.12. The second-order valence-corrected chi connectivity index (χ2v) is 3.02. The molecule has 0 N–H and O–H groups in total. The maximum absolute atomic E-state index is 5.07. The van der Waals surface area contributed by atoms with Crippen LogP contribution in [0.25, 0.3) is 0 Å². The summed E-state index contributed by atoms with van der Waals surface area (Å²) >= 11 is 8.41. The van der Waals surface area contributed by atoms with E-state index in [4.69, 9.17) is 11.9 Å². The van der Waals surface area contributed by atoms with Crippen LogP contribution in [0, 0.1) is 0 Å². The standard InChI is InChI=1S/C7H6BrClO/c8-7-3-1-2-6(4-7)5-10-9/h1-4H,5H2. The minimum atomic E-state index is 0.445. The molecule has 3 heteroatoms. The molecule has 0 heterocycles. The summed E-state index contributed by atoms with van der Waals surface area (Å²) in [6.45, 7) is 0.445. The summed E-state index contributed by atoms with van der Waals surface area (Å²) in [4.78, 5) is 0. The van der Waals surface area contributed by atoms with E-state index in [1.165, 1.54) is 0 Å². The molecule has 0 radical (unpaired) electrons. The largest absolute Gasteiger partial charge is 0.274 e. The second-order valence-electron chi connectivity index (χ2n) is 1.88. The number of hydrogen-bond acceptors (Lipinski definition) is 1. The highest BCUT2D eigenvalue weighted by Crippen LogP contribution is 2.12. The molecule has 0 amide bonds. The molecule has 1 aromatic rings. The SMILES string of the molecule is ClOCc1cccc(Br)c1. The third kappa shape index (κ3) is 2.29. The zero-order valence-electron chi connectivity index (χ0n) is 5.18. The average Bonchev–Trinajstić information content (AvgIpc) is 1.88. The Kier molecular flexibility index (Phi) is 3.19. The van der Waals surface area contributed by atoms with Gasteiger partial charge in [-0.05, 0) is 17.7 Å². The van der Waals surface area contributed by atoms with Crippen LogP contribution < -0.4 is 0 Å². The number of benzene rings is 1. The summed E-state index contributed by atoms with van der Waals surface area (Å²) in [5.41, 5.74) is 1.06. The van der Waals surface area contributed by atoms with Crippen LogP contribution in [0.3, 0.4) is 0 Å². The molecule has 0 atom stereocenters. The fourth-order valence-corrected chi connectivity index (χ4v) is 1.26. The van der Waals surface area contributed by atoms with Crippen molar-refractivity contribution in [1.29, 1.82) is 0 Å². The minimum Gasteiger partial charge on any atom is -0.274 e. The van der Waals surface area contributed by atoms with Crippen molar-refractivity contribution in [2.24, 2.45) is 0 Å². The van der Waals surface area contributed by atoms with Gasteiger partial charge < -0.3 is 0 Å². The van der Waals surface area contributed by atoms with Crippen molar-refractivity contribution >= 4 is 27.8 Å². The molecule has 0 bridgehead atoms. The van der Waals surface area contributed by atoms with E-state index in [2.05, 4.69) is 20.2 Å². The summed E-state index contributed by atoms with van der Waals surface area (Å²) in [5, 5.41) is 0. The summed E-state index contributed by atoms with van der Waals surface area (Å²) in [6, 6.07) is 7.81. The van der Waals surface area contributed by atoms with Crippen molar-refractivity contribution in [2.75, 3.05) is 0 Å². The van der Waals surface area contributed by atoms with Crippen LogP contribution in [0.2, 0.25) is 0 Å². The van der Waals surface area contributed by atoms with Gasteiger partial charge in [0.2, 0.25) is 0 Å². The first-order valence-electron chi connectivity index (χ1n) is 2.81. The molecule has 0 spiro atoms. The molecule has 1 nitrogen and oxygen atoms in total. The van der Waals surface area contributed by atoms with Crippen molar-refractivity contribution in [1.82, 2.24) is 0 Å². The van der Waals surface area contributed by atoms with E-state index in [9.17, 15) is 0 Å². The normalized spacial score (nSPS) is 9.80. The molecule has 0 aromatic heterocycles. The van der Waals surface area contributed by atoms with Crippen molar-refractivity contribution < 1.29 is 4.29 Å². The van der Waals surface area contributed by atoms with E-state index < -0.39 is 0 Å². The van der Waals surface area contributed by atoms with Gasteiger partial charge in [0.25, 0.3) is 0 Å². The monoisotopic (exact) mass is 220 g/mol. The lowest BCUT2D eigenvalue weighted by Gasteiger charge is -1.96. The van der Waals surface area contributed by atoms with Crippen LogP contribution in [0.4, 0.5) is 0 Å². The van der Waals surface area contributed by atoms with Gasteiger partial charge in [-0.2, -0.15) is 0 Å². The van der Waals surface area contributed by atoms with E-state index in [0.717, 1.165) is 10.0 Å². The smallest absolute Gasteiger partial charge is 0.0933 e. The summed E-state index contributed by atoms with van der Waals surface area (Å²) in [5.74, 6) is 0. The van der Waals surface area contributed by atoms with Crippen LogP contribution in [0.15, 0.2) is 28.7 Å². The van der Waals surface area contributed by atoms with Crippen molar-refractivity contribution in [2.45, 2.75) is 6.61 Å². The first-order valence-corrected chi connectivity index (χ1v) is 3.91. The molecular formula is C7H6BrClO. The van der Waals surface area contributed by atoms with E-state index in [1.54, 1.807) is 0 Å². The zero-order chi connectivity index (χ0) is 7.40. The quantitative estimate of drug-likeness (QED) is 0.746. The molecule has 1 aromatic carbocycles. The fraction of sp³-hybridized carbons (Fsp3) is 0.143. The molecule has 0 aliphatic rings. The Bertz CT molecular complexity index is 215. The van der Waals surface area contributed by atoms with Gasteiger partial charge in [-0.25, -0.2) is 0 Å². The molecule has 54 valence electrons. The summed E-state index contributed by atoms with van der Waals surface area (Å²) in [6.07, 6.45) is 0. The first-order chi connectivity index (χ1) is 4.83. The maximum atomic E-state index is 5.07. The Hall–Kier alpha value is -0.0500. The Morgan fingerprint density at radius 1 is 1.50 bits per heavy atom. The van der Waals surface area contributed by atoms with Gasteiger partial charge in [0, 0.05) is 4.47 Å². The lowest BCUT2D eigenvalue weighted by molar-refractivity contribution is 0.341. The van der Waals surface area contributed by atoms with Crippen molar-refractivity contribution in [3.05, 3.63) is 34.3 Å². The molecule has 0 saturated heterocycles. The first kappa shape index (κ1) is 8.05. The molecule has 10 heavy (non-hydrogen) atoms. The fourth-order valence-electron chi connectivity index (χ4n) is 0.690. The van der Waals surface area contributed by atoms with E-state index >= 15 is 0 Å². The zero-order valence-corrected chi connectivity index (χ0v) is 7.52. The van der Waals surface area contributed by atoms with Crippen molar-refractivity contribution in [3.63, 3.8) is 0 Å². The van der Waals surface area contributed by atoms with Crippen LogP contribution in [-0.4, -0.2) is 0 Å². The molecule has 1 rings (SSSR count). The third-order valence-corrected chi connectivity index (χ3v) is 1.71. The molecule has 0 saturated carbocycles. The topological polar surface area (TPSA) is 9.23 Å². The lowest BCUT2D eigenvalue weighted by Crippen LogP contribution is -1.81. The van der Waals surface area contributed by atoms with E-state index in [1.807, 2.05) is 24.3 Å². The van der Waals surface area contributed by atoms with Gasteiger partial charge in [0.15, 0.2) is 0 Å².